The average Bonchev–Trinajstić information content (AvgIpc) is 2.65. The molecule has 2 aromatic rings. The fourth-order valence-corrected chi connectivity index (χ4v) is 1.31. The van der Waals surface area contributed by atoms with Crippen LogP contribution in [0.1, 0.15) is 15.9 Å². The molecular weight excluding hydrogens is 192 g/mol. The minimum absolute atomic E-state index is 0.280. The minimum atomic E-state index is -0.918. The molecule has 4 nitrogen and oxygen atoms in total. The summed E-state index contributed by atoms with van der Waals surface area (Å²) >= 11 is 0. The van der Waals surface area contributed by atoms with Gasteiger partial charge in [0.25, 0.3) is 0 Å². The van der Waals surface area contributed by atoms with Crippen LogP contribution in [0, 0.1) is 6.92 Å². The van der Waals surface area contributed by atoms with E-state index in [0.717, 1.165) is 11.3 Å². The number of aromatic carboxylic acids is 1. The van der Waals surface area contributed by atoms with Crippen LogP contribution in [0.3, 0.4) is 0 Å². The number of carboxylic acids is 1. The predicted octanol–water partition coefficient (Wildman–Crippen LogP) is 1.88. The van der Waals surface area contributed by atoms with Gasteiger partial charge in [0.05, 0.1) is 17.4 Å². The van der Waals surface area contributed by atoms with Gasteiger partial charge in [-0.3, -0.25) is 0 Å². The van der Waals surface area contributed by atoms with Crippen LogP contribution in [-0.2, 0) is 0 Å². The number of hydrogen-bond acceptors (Lipinski definition) is 2. The molecule has 0 aliphatic rings. The third-order valence-corrected chi connectivity index (χ3v) is 2.09. The van der Waals surface area contributed by atoms with Crippen molar-refractivity contribution in [2.75, 3.05) is 0 Å². The molecule has 15 heavy (non-hydrogen) atoms. The van der Waals surface area contributed by atoms with E-state index in [1.165, 1.54) is 0 Å². The number of aryl methyl sites for hydroxylation is 1. The summed E-state index contributed by atoms with van der Waals surface area (Å²) in [4.78, 5) is 10.6. The topological polar surface area (TPSA) is 55.1 Å². The van der Waals surface area contributed by atoms with E-state index in [4.69, 9.17) is 5.11 Å². The molecule has 1 aromatic heterocycles. The van der Waals surface area contributed by atoms with Gasteiger partial charge in [-0.25, -0.2) is 9.48 Å². The average molecular weight is 202 g/mol. The van der Waals surface area contributed by atoms with Crippen LogP contribution in [0.4, 0.5) is 0 Å². The van der Waals surface area contributed by atoms with Gasteiger partial charge in [-0.05, 0) is 36.8 Å². The van der Waals surface area contributed by atoms with Crippen LogP contribution in [0.15, 0.2) is 36.7 Å². The normalized spacial score (nSPS) is 10.2. The maximum atomic E-state index is 10.6. The molecule has 0 amide bonds. The van der Waals surface area contributed by atoms with Gasteiger partial charge in [0.15, 0.2) is 0 Å². The number of carboxylic acid groups (broad SMARTS) is 1. The van der Waals surface area contributed by atoms with E-state index < -0.39 is 5.97 Å². The lowest BCUT2D eigenvalue weighted by Crippen LogP contribution is -1.98. The van der Waals surface area contributed by atoms with E-state index in [-0.39, 0.29) is 5.56 Å². The molecule has 0 unspecified atom stereocenters. The molecule has 0 aliphatic carbocycles. The van der Waals surface area contributed by atoms with Crippen molar-refractivity contribution >= 4 is 5.97 Å². The van der Waals surface area contributed by atoms with Crippen LogP contribution in [0.25, 0.3) is 5.69 Å². The van der Waals surface area contributed by atoms with Crippen molar-refractivity contribution in [1.29, 1.82) is 0 Å². The van der Waals surface area contributed by atoms with Gasteiger partial charge in [-0.2, -0.15) is 5.10 Å². The van der Waals surface area contributed by atoms with Crippen LogP contribution >= 0.6 is 0 Å². The second-order valence-corrected chi connectivity index (χ2v) is 3.31. The molecule has 0 atom stereocenters. The summed E-state index contributed by atoms with van der Waals surface area (Å²) in [5.41, 5.74) is 2.20. The molecule has 0 fully saturated rings. The summed E-state index contributed by atoms with van der Waals surface area (Å²) in [6.07, 6.45) is 3.64. The molecule has 0 bridgehead atoms. The Morgan fingerprint density at radius 1 is 1.33 bits per heavy atom. The van der Waals surface area contributed by atoms with E-state index in [2.05, 4.69) is 5.10 Å². The smallest absolute Gasteiger partial charge is 0.335 e. The fourth-order valence-electron chi connectivity index (χ4n) is 1.31. The standard InChI is InChI=1S/C11H10N2O2/c1-8-6-12-13(7-8)10-4-2-9(3-5-10)11(14)15/h2-7H,1H3,(H,14,15). The van der Waals surface area contributed by atoms with Gasteiger partial charge < -0.3 is 5.11 Å². The molecule has 1 N–H and O–H groups in total. The van der Waals surface area contributed by atoms with Crippen molar-refractivity contribution in [2.24, 2.45) is 0 Å². The summed E-state index contributed by atoms with van der Waals surface area (Å²) in [7, 11) is 0. The summed E-state index contributed by atoms with van der Waals surface area (Å²) in [5, 5.41) is 12.9. The monoisotopic (exact) mass is 202 g/mol. The maximum absolute atomic E-state index is 10.6. The largest absolute Gasteiger partial charge is 0.478 e. The molecule has 0 saturated carbocycles. The molecule has 0 spiro atoms. The lowest BCUT2D eigenvalue weighted by atomic mass is 10.2. The van der Waals surface area contributed by atoms with Crippen molar-refractivity contribution in [3.63, 3.8) is 0 Å². The molecule has 1 aromatic carbocycles. The van der Waals surface area contributed by atoms with Gasteiger partial charge in [-0.15, -0.1) is 0 Å². The van der Waals surface area contributed by atoms with Gasteiger partial charge in [0.2, 0.25) is 0 Å². The van der Waals surface area contributed by atoms with E-state index >= 15 is 0 Å². The molecule has 0 aliphatic heterocycles. The Bertz CT molecular complexity index is 486. The van der Waals surface area contributed by atoms with Crippen LogP contribution in [0.5, 0.6) is 0 Å². The molecular formula is C11H10N2O2. The van der Waals surface area contributed by atoms with E-state index in [0.29, 0.717) is 0 Å². The minimum Gasteiger partial charge on any atom is -0.478 e. The van der Waals surface area contributed by atoms with Crippen molar-refractivity contribution in [2.45, 2.75) is 6.92 Å². The third kappa shape index (κ3) is 1.88. The highest BCUT2D eigenvalue weighted by Crippen LogP contribution is 2.09. The van der Waals surface area contributed by atoms with Gasteiger partial charge >= 0.3 is 5.97 Å². The number of rotatable bonds is 2. The quantitative estimate of drug-likeness (QED) is 0.808. The van der Waals surface area contributed by atoms with Gasteiger partial charge in [0, 0.05) is 6.20 Å². The number of hydrogen-bond donors (Lipinski definition) is 1. The summed E-state index contributed by atoms with van der Waals surface area (Å²) < 4.78 is 1.71. The second kappa shape index (κ2) is 3.57. The summed E-state index contributed by atoms with van der Waals surface area (Å²) in [6.45, 7) is 1.95. The van der Waals surface area contributed by atoms with E-state index in [1.54, 1.807) is 35.1 Å². The van der Waals surface area contributed by atoms with Gasteiger partial charge in [0.1, 0.15) is 0 Å². The lowest BCUT2D eigenvalue weighted by molar-refractivity contribution is 0.0697. The lowest BCUT2D eigenvalue weighted by Gasteiger charge is -2.00. The Labute approximate surface area is 86.8 Å². The van der Waals surface area contributed by atoms with Crippen molar-refractivity contribution in [1.82, 2.24) is 9.78 Å². The molecule has 0 saturated heterocycles. The number of aromatic nitrogens is 2. The first-order chi connectivity index (χ1) is 7.16. The van der Waals surface area contributed by atoms with Crippen LogP contribution in [0.2, 0.25) is 0 Å². The Morgan fingerprint density at radius 2 is 2.00 bits per heavy atom. The first-order valence-corrected chi connectivity index (χ1v) is 4.52. The highest BCUT2D eigenvalue weighted by Gasteiger charge is 2.02. The van der Waals surface area contributed by atoms with Crippen molar-refractivity contribution in [3.8, 4) is 5.69 Å². The number of benzene rings is 1. The van der Waals surface area contributed by atoms with Crippen molar-refractivity contribution < 1.29 is 9.90 Å². The van der Waals surface area contributed by atoms with E-state index in [9.17, 15) is 4.79 Å². The third-order valence-electron chi connectivity index (χ3n) is 2.09. The van der Waals surface area contributed by atoms with Gasteiger partial charge in [-0.1, -0.05) is 0 Å². The molecule has 1 heterocycles. The first kappa shape index (κ1) is 9.45. The molecule has 0 radical (unpaired) electrons. The first-order valence-electron chi connectivity index (χ1n) is 4.52. The Hall–Kier alpha value is -2.10. The zero-order valence-corrected chi connectivity index (χ0v) is 8.21. The number of nitrogens with zero attached hydrogens (tertiary/aromatic N) is 2. The summed E-state index contributed by atoms with van der Waals surface area (Å²) in [5.74, 6) is -0.918. The fraction of sp³-hybridized carbons (Fsp3) is 0.0909. The SMILES string of the molecule is Cc1cnn(-c2ccc(C(=O)O)cc2)c1. The summed E-state index contributed by atoms with van der Waals surface area (Å²) in [6, 6.07) is 6.59. The zero-order valence-electron chi connectivity index (χ0n) is 8.21. The number of carbonyl (C=O) groups is 1. The van der Waals surface area contributed by atoms with Crippen LogP contribution in [-0.4, -0.2) is 20.9 Å². The highest BCUT2D eigenvalue weighted by molar-refractivity contribution is 5.87. The van der Waals surface area contributed by atoms with Crippen LogP contribution < -0.4 is 0 Å². The predicted molar refractivity (Wildman–Crippen MR) is 55.3 cm³/mol. The van der Waals surface area contributed by atoms with E-state index in [1.807, 2.05) is 13.1 Å². The van der Waals surface area contributed by atoms with Crippen molar-refractivity contribution in [3.05, 3.63) is 47.8 Å². The molecule has 4 heteroatoms. The zero-order chi connectivity index (χ0) is 10.8. The Kier molecular flexibility index (Phi) is 2.25. The Morgan fingerprint density at radius 3 is 2.47 bits per heavy atom. The highest BCUT2D eigenvalue weighted by atomic mass is 16.4. The molecule has 76 valence electrons. The Balaban J connectivity index is 2.35. The maximum Gasteiger partial charge on any atom is 0.335 e. The molecule has 2 rings (SSSR count). The second-order valence-electron chi connectivity index (χ2n) is 3.31.